The van der Waals surface area contributed by atoms with Gasteiger partial charge in [0.05, 0.1) is 18.4 Å². The Morgan fingerprint density at radius 1 is 1.06 bits per heavy atom. The molecule has 280 valence electrons. The number of carbonyl (C=O) groups excluding carboxylic acids is 1. The maximum absolute atomic E-state index is 12.1. The van der Waals surface area contributed by atoms with Crippen molar-refractivity contribution in [2.24, 2.45) is 0 Å². The van der Waals surface area contributed by atoms with Crippen LogP contribution in [0.25, 0.3) is 11.2 Å². The number of carbonyl (C=O) groups is 2. The first-order chi connectivity index (χ1) is 24.2. The van der Waals surface area contributed by atoms with E-state index in [1.54, 1.807) is 13.3 Å². The fraction of sp³-hybridized carbons (Fsp3) is 0.618. The van der Waals surface area contributed by atoms with Crippen molar-refractivity contribution >= 4 is 34.8 Å². The normalized spacial score (nSPS) is 24.5. The molecule has 17 heteroatoms. The van der Waals surface area contributed by atoms with Crippen LogP contribution in [0.5, 0.6) is 0 Å². The number of aromatic nitrogens is 4. The SMILES string of the molecule is CCC(=O)N[C@H]1C[C@@H](n2cnc3c(N[C@@H](Cc4ccccc4)CN4CCCC4)nc(N4CC[C@@H](N(C)C)C4)nc32)[C@H](O)[C@@H]1O.O=C(O)C(F)(F)F. The number of hydrogen-bond donors (Lipinski definition) is 5. The Bertz CT molecular complexity index is 1620. The third-order valence-electron chi connectivity index (χ3n) is 9.85. The summed E-state index contributed by atoms with van der Waals surface area (Å²) in [5, 5.41) is 35.8. The number of nitrogens with zero attached hydrogens (tertiary/aromatic N) is 7. The number of fused-ring (bicyclic) bond motifs is 1. The lowest BCUT2D eigenvalue weighted by Gasteiger charge is -2.26. The molecule has 4 heterocycles. The summed E-state index contributed by atoms with van der Waals surface area (Å²) in [6, 6.07) is 10.0. The van der Waals surface area contributed by atoms with Crippen LogP contribution in [0, 0.1) is 0 Å². The number of carboxylic acids is 1. The zero-order valence-corrected chi connectivity index (χ0v) is 29.1. The Hall–Kier alpha value is -4.06. The number of aliphatic hydroxyl groups is 2. The van der Waals surface area contributed by atoms with Gasteiger partial charge >= 0.3 is 12.1 Å². The number of amides is 1. The summed E-state index contributed by atoms with van der Waals surface area (Å²) in [7, 11) is 4.21. The Morgan fingerprint density at radius 3 is 2.35 bits per heavy atom. The summed E-state index contributed by atoms with van der Waals surface area (Å²) in [4.78, 5) is 42.9. The van der Waals surface area contributed by atoms with Crippen molar-refractivity contribution < 1.29 is 38.1 Å². The van der Waals surface area contributed by atoms with Gasteiger partial charge in [-0.1, -0.05) is 37.3 Å². The fourth-order valence-electron chi connectivity index (χ4n) is 7.00. The lowest BCUT2D eigenvalue weighted by molar-refractivity contribution is -0.192. The smallest absolute Gasteiger partial charge is 0.475 e. The summed E-state index contributed by atoms with van der Waals surface area (Å²) in [6.45, 7) is 6.54. The molecule has 0 bridgehead atoms. The number of imidazole rings is 1. The minimum Gasteiger partial charge on any atom is -0.475 e. The zero-order chi connectivity index (χ0) is 36.9. The summed E-state index contributed by atoms with van der Waals surface area (Å²) >= 11 is 0. The Morgan fingerprint density at radius 2 is 1.75 bits per heavy atom. The van der Waals surface area contributed by atoms with Gasteiger partial charge in [-0.15, -0.1) is 0 Å². The van der Waals surface area contributed by atoms with Crippen molar-refractivity contribution in [1.29, 1.82) is 0 Å². The predicted molar refractivity (Wildman–Crippen MR) is 184 cm³/mol. The van der Waals surface area contributed by atoms with Crippen molar-refractivity contribution in [2.45, 2.75) is 88.0 Å². The van der Waals surface area contributed by atoms with Crippen molar-refractivity contribution in [3.63, 3.8) is 0 Å². The molecule has 6 atom stereocenters. The molecule has 0 unspecified atom stereocenters. The number of alkyl halides is 3. The van der Waals surface area contributed by atoms with Crippen LogP contribution in [0.4, 0.5) is 24.9 Å². The topological polar surface area (TPSA) is 172 Å². The van der Waals surface area contributed by atoms with Gasteiger partial charge in [-0.2, -0.15) is 23.1 Å². The summed E-state index contributed by atoms with van der Waals surface area (Å²) in [5.41, 5.74) is 2.51. The van der Waals surface area contributed by atoms with E-state index in [0.717, 1.165) is 45.6 Å². The molecular formula is C34H48F3N9O5. The highest BCUT2D eigenvalue weighted by Gasteiger charge is 2.44. The van der Waals surface area contributed by atoms with Gasteiger partial charge in [0.1, 0.15) is 12.2 Å². The maximum Gasteiger partial charge on any atom is 0.490 e. The Kier molecular flexibility index (Phi) is 12.4. The fourth-order valence-corrected chi connectivity index (χ4v) is 7.00. The van der Waals surface area contributed by atoms with Gasteiger partial charge in [0.2, 0.25) is 11.9 Å². The highest BCUT2D eigenvalue weighted by atomic mass is 19.4. The number of halogens is 3. The van der Waals surface area contributed by atoms with E-state index in [-0.39, 0.29) is 11.9 Å². The molecule has 3 aliphatic rings. The predicted octanol–water partition coefficient (Wildman–Crippen LogP) is 2.28. The maximum atomic E-state index is 12.1. The molecule has 0 radical (unpaired) electrons. The monoisotopic (exact) mass is 719 g/mol. The molecule has 6 rings (SSSR count). The lowest BCUT2D eigenvalue weighted by Crippen LogP contribution is -2.42. The quantitative estimate of drug-likeness (QED) is 0.196. The zero-order valence-electron chi connectivity index (χ0n) is 29.1. The molecule has 1 aromatic carbocycles. The molecule has 2 saturated heterocycles. The first kappa shape index (κ1) is 38.2. The molecule has 0 spiro atoms. The van der Waals surface area contributed by atoms with Crippen LogP contribution in [0.2, 0.25) is 0 Å². The molecule has 1 saturated carbocycles. The van der Waals surface area contributed by atoms with E-state index >= 15 is 0 Å². The second-order valence-electron chi connectivity index (χ2n) is 13.7. The molecule has 1 amide bonds. The largest absolute Gasteiger partial charge is 0.490 e. The van der Waals surface area contributed by atoms with E-state index in [9.17, 15) is 28.2 Å². The van der Waals surface area contributed by atoms with Crippen molar-refractivity contribution in [1.82, 2.24) is 34.6 Å². The molecule has 2 aromatic heterocycles. The highest BCUT2D eigenvalue weighted by Crippen LogP contribution is 2.35. The van der Waals surface area contributed by atoms with E-state index in [1.807, 2.05) is 10.6 Å². The van der Waals surface area contributed by atoms with E-state index in [2.05, 4.69) is 63.7 Å². The van der Waals surface area contributed by atoms with E-state index < -0.39 is 36.4 Å². The molecule has 5 N–H and O–H groups in total. The van der Waals surface area contributed by atoms with E-state index in [0.29, 0.717) is 41.8 Å². The number of benzene rings is 1. The number of carboxylic acid groups (broad SMARTS) is 1. The minimum atomic E-state index is -5.08. The van der Waals surface area contributed by atoms with E-state index in [4.69, 9.17) is 24.9 Å². The molecule has 51 heavy (non-hydrogen) atoms. The van der Waals surface area contributed by atoms with Crippen LogP contribution in [0.1, 0.15) is 50.6 Å². The second-order valence-corrected chi connectivity index (χ2v) is 13.7. The molecular weight excluding hydrogens is 671 g/mol. The number of nitrogens with one attached hydrogen (secondary N) is 2. The van der Waals surface area contributed by atoms with Crippen molar-refractivity contribution in [3.8, 4) is 0 Å². The second kappa shape index (κ2) is 16.5. The number of aliphatic carboxylic acids is 1. The number of rotatable bonds is 11. The molecule has 2 aliphatic heterocycles. The van der Waals surface area contributed by atoms with Gasteiger partial charge in [0.25, 0.3) is 0 Å². The van der Waals surface area contributed by atoms with Crippen LogP contribution in [-0.4, -0.2) is 140 Å². The molecule has 14 nitrogen and oxygen atoms in total. The van der Waals surface area contributed by atoms with Gasteiger partial charge in [-0.25, -0.2) is 9.78 Å². The first-order valence-corrected chi connectivity index (χ1v) is 17.4. The number of hydrogen-bond acceptors (Lipinski definition) is 11. The Labute approximate surface area is 294 Å². The molecule has 3 fully saturated rings. The first-order valence-electron chi connectivity index (χ1n) is 17.4. The third kappa shape index (κ3) is 9.44. The number of aliphatic hydroxyl groups excluding tert-OH is 2. The number of likely N-dealkylation sites (tertiary alicyclic amines) is 1. The van der Waals surface area contributed by atoms with Crippen LogP contribution in [-0.2, 0) is 16.0 Å². The minimum absolute atomic E-state index is 0.104. The molecule has 3 aromatic rings. The third-order valence-corrected chi connectivity index (χ3v) is 9.85. The van der Waals surface area contributed by atoms with Gasteiger partial charge in [-0.05, 0) is 64.9 Å². The number of anilines is 2. The highest BCUT2D eigenvalue weighted by molar-refractivity contribution is 5.85. The van der Waals surface area contributed by atoms with Crippen LogP contribution >= 0.6 is 0 Å². The summed E-state index contributed by atoms with van der Waals surface area (Å²) < 4.78 is 33.6. The summed E-state index contributed by atoms with van der Waals surface area (Å²) in [5.74, 6) is -1.59. The summed E-state index contributed by atoms with van der Waals surface area (Å²) in [6.07, 6.45) is -0.542. The van der Waals surface area contributed by atoms with Gasteiger partial charge in [-0.3, -0.25) is 4.79 Å². The number of likely N-dealkylation sites (N-methyl/N-ethyl adjacent to an activating group) is 1. The lowest BCUT2D eigenvalue weighted by atomic mass is 10.1. The average molecular weight is 720 g/mol. The Balaban J connectivity index is 0.000000654. The standard InChI is InChI=1S/C32H47N9O3.C2HF3O2/c1-4-26(42)35-24-17-25(29(44)28(24)43)41-20-33-27-30(36-32(37-31(27)41)40-15-12-23(19-40)38(2)3)34-22(18-39-13-8-9-14-39)16-21-10-6-5-7-11-21;3-2(4,5)1(6)7/h5-7,10-11,20,22-25,28-29,43-44H,4,8-9,12-19H2,1-3H3,(H,35,42)(H,34,36,37);(H,6,7)/t22-,23+,24-,25+,28+,29-;/m0./s1. The van der Waals surface area contributed by atoms with E-state index in [1.165, 1.54) is 18.4 Å². The van der Waals surface area contributed by atoms with Crippen molar-refractivity contribution in [2.75, 3.05) is 57.0 Å². The van der Waals surface area contributed by atoms with Crippen LogP contribution in [0.3, 0.4) is 0 Å². The van der Waals surface area contributed by atoms with Crippen LogP contribution in [0.15, 0.2) is 36.7 Å². The van der Waals surface area contributed by atoms with Gasteiger partial charge < -0.3 is 45.2 Å². The average Bonchev–Trinajstić information content (AvgIpc) is 3.91. The van der Waals surface area contributed by atoms with Gasteiger partial charge in [0.15, 0.2) is 17.0 Å². The van der Waals surface area contributed by atoms with Gasteiger partial charge in [0, 0.05) is 38.1 Å². The van der Waals surface area contributed by atoms with Crippen molar-refractivity contribution in [3.05, 3.63) is 42.2 Å². The molecule has 1 aliphatic carbocycles. The van der Waals surface area contributed by atoms with Crippen LogP contribution < -0.4 is 15.5 Å².